The molecule has 1 aromatic carbocycles. The summed E-state index contributed by atoms with van der Waals surface area (Å²) in [5.41, 5.74) is 4.70. The molecule has 0 saturated carbocycles. The van der Waals surface area contributed by atoms with E-state index in [-0.39, 0.29) is 0 Å². The van der Waals surface area contributed by atoms with Gasteiger partial charge in [0.05, 0.1) is 0 Å². The van der Waals surface area contributed by atoms with Crippen LogP contribution in [-0.4, -0.2) is 30.1 Å². The number of hydrogen-bond donors (Lipinski definition) is 0. The number of likely N-dealkylation sites (N-methyl/N-ethyl adjacent to an activating group) is 1. The molecule has 20 heavy (non-hydrogen) atoms. The zero-order valence-corrected chi connectivity index (χ0v) is 12.9. The minimum absolute atomic E-state index is 1.11. The molecule has 0 fully saturated rings. The number of fused-ring (bicyclic) bond motifs is 3. The summed E-state index contributed by atoms with van der Waals surface area (Å²) < 4.78 is 2.59. The molecule has 1 heterocycles. The van der Waals surface area contributed by atoms with E-state index in [4.69, 9.17) is 0 Å². The van der Waals surface area contributed by atoms with Crippen molar-refractivity contribution >= 4 is 10.9 Å². The first-order valence-corrected chi connectivity index (χ1v) is 8.01. The lowest BCUT2D eigenvalue weighted by Gasteiger charge is -2.17. The van der Waals surface area contributed by atoms with Crippen LogP contribution >= 0.6 is 0 Å². The van der Waals surface area contributed by atoms with Crippen molar-refractivity contribution in [2.45, 2.75) is 45.1 Å². The third-order valence-corrected chi connectivity index (χ3v) is 4.56. The molecule has 1 aromatic heterocycles. The predicted octanol–water partition coefficient (Wildman–Crippen LogP) is 3.86. The van der Waals surface area contributed by atoms with Crippen molar-refractivity contribution in [1.29, 1.82) is 0 Å². The van der Waals surface area contributed by atoms with E-state index in [1.165, 1.54) is 49.4 Å². The molecule has 0 unspecified atom stereocenters. The van der Waals surface area contributed by atoms with E-state index in [0.29, 0.717) is 0 Å². The summed E-state index contributed by atoms with van der Waals surface area (Å²) in [5.74, 6) is 0. The molecule has 2 aromatic rings. The quantitative estimate of drug-likeness (QED) is 0.822. The van der Waals surface area contributed by atoms with Crippen LogP contribution in [0.25, 0.3) is 10.9 Å². The molecule has 0 radical (unpaired) electrons. The smallest absolute Gasteiger partial charge is 0.0485 e. The number of nitrogens with zero attached hydrogens (tertiary/aromatic N) is 2. The molecule has 1 aliphatic carbocycles. The molecule has 0 amide bonds. The number of aryl methyl sites for hydroxylation is 1. The zero-order valence-electron chi connectivity index (χ0n) is 12.9. The van der Waals surface area contributed by atoms with Crippen LogP contribution in [0.15, 0.2) is 24.3 Å². The molecule has 2 nitrogen and oxygen atoms in total. The fourth-order valence-corrected chi connectivity index (χ4v) is 3.50. The average Bonchev–Trinajstić information content (AvgIpc) is 2.69. The Morgan fingerprint density at radius 2 is 1.75 bits per heavy atom. The summed E-state index contributed by atoms with van der Waals surface area (Å²) in [4.78, 5) is 2.28. The Hall–Kier alpha value is -1.28. The maximum atomic E-state index is 2.59. The Morgan fingerprint density at radius 1 is 1.00 bits per heavy atom. The number of aromatic nitrogens is 1. The van der Waals surface area contributed by atoms with Crippen molar-refractivity contribution in [3.63, 3.8) is 0 Å². The minimum Gasteiger partial charge on any atom is -0.343 e. The summed E-state index contributed by atoms with van der Waals surface area (Å²) in [6.45, 7) is 2.23. The number of rotatable bonds is 3. The van der Waals surface area contributed by atoms with E-state index in [2.05, 4.69) is 47.8 Å². The lowest BCUT2D eigenvalue weighted by Crippen LogP contribution is -2.19. The Balaban J connectivity index is 2.08. The summed E-state index contributed by atoms with van der Waals surface area (Å²) in [5, 5.41) is 1.50. The molecular formula is C18H26N2. The van der Waals surface area contributed by atoms with Crippen molar-refractivity contribution in [2.75, 3.05) is 20.6 Å². The molecule has 0 bridgehead atoms. The highest BCUT2D eigenvalue weighted by atomic mass is 15.1. The van der Waals surface area contributed by atoms with Gasteiger partial charge in [0, 0.05) is 29.7 Å². The fourth-order valence-electron chi connectivity index (χ4n) is 3.50. The standard InChI is InChI=1S/C18H26N2/c1-19(2)13-14-20-17-11-6-4-3-5-9-15(17)16-10-7-8-12-18(16)20/h7-8,10,12H,3-6,9,11,13-14H2,1-2H3. The van der Waals surface area contributed by atoms with Crippen molar-refractivity contribution in [1.82, 2.24) is 9.47 Å². The summed E-state index contributed by atoms with van der Waals surface area (Å²) in [7, 11) is 4.32. The number of para-hydroxylation sites is 1. The van der Waals surface area contributed by atoms with Crippen molar-refractivity contribution in [2.24, 2.45) is 0 Å². The second kappa shape index (κ2) is 6.01. The van der Waals surface area contributed by atoms with Gasteiger partial charge in [-0.25, -0.2) is 0 Å². The lowest BCUT2D eigenvalue weighted by atomic mass is 9.97. The molecule has 108 valence electrons. The van der Waals surface area contributed by atoms with Gasteiger partial charge in [-0.15, -0.1) is 0 Å². The van der Waals surface area contributed by atoms with E-state index >= 15 is 0 Å². The van der Waals surface area contributed by atoms with Crippen LogP contribution in [0.2, 0.25) is 0 Å². The van der Waals surface area contributed by atoms with Gasteiger partial charge < -0.3 is 9.47 Å². The Kier molecular flexibility index (Phi) is 4.11. The van der Waals surface area contributed by atoms with Gasteiger partial charge in [-0.2, -0.15) is 0 Å². The molecule has 2 heteroatoms. The second-order valence-electron chi connectivity index (χ2n) is 6.31. The Labute approximate surface area is 122 Å². The highest BCUT2D eigenvalue weighted by molar-refractivity contribution is 5.85. The molecule has 0 N–H and O–H groups in total. The van der Waals surface area contributed by atoms with Gasteiger partial charge in [0.2, 0.25) is 0 Å². The van der Waals surface area contributed by atoms with Crippen LogP contribution < -0.4 is 0 Å². The van der Waals surface area contributed by atoms with Crippen LogP contribution in [0.5, 0.6) is 0 Å². The van der Waals surface area contributed by atoms with Gasteiger partial charge in [-0.3, -0.25) is 0 Å². The van der Waals surface area contributed by atoms with Gasteiger partial charge in [0.25, 0.3) is 0 Å². The van der Waals surface area contributed by atoms with E-state index in [1.54, 1.807) is 11.3 Å². The third kappa shape index (κ3) is 2.62. The van der Waals surface area contributed by atoms with Crippen LogP contribution in [0.1, 0.15) is 36.9 Å². The van der Waals surface area contributed by atoms with Crippen LogP contribution in [0.3, 0.4) is 0 Å². The summed E-state index contributed by atoms with van der Waals surface area (Å²) in [6, 6.07) is 9.00. The third-order valence-electron chi connectivity index (χ3n) is 4.56. The van der Waals surface area contributed by atoms with E-state index in [9.17, 15) is 0 Å². The van der Waals surface area contributed by atoms with Gasteiger partial charge in [0.15, 0.2) is 0 Å². The zero-order chi connectivity index (χ0) is 13.9. The van der Waals surface area contributed by atoms with Gasteiger partial charge in [0.1, 0.15) is 0 Å². The molecule has 3 rings (SSSR count). The molecule has 0 saturated heterocycles. The van der Waals surface area contributed by atoms with Crippen LogP contribution in [-0.2, 0) is 19.4 Å². The van der Waals surface area contributed by atoms with Crippen molar-refractivity contribution in [3.05, 3.63) is 35.5 Å². The summed E-state index contributed by atoms with van der Waals surface area (Å²) in [6.07, 6.45) is 8.04. The Morgan fingerprint density at radius 3 is 2.55 bits per heavy atom. The maximum absolute atomic E-state index is 2.59. The topological polar surface area (TPSA) is 8.17 Å². The van der Waals surface area contributed by atoms with Crippen LogP contribution in [0, 0.1) is 0 Å². The van der Waals surface area contributed by atoms with Gasteiger partial charge in [-0.1, -0.05) is 31.0 Å². The monoisotopic (exact) mass is 270 g/mol. The number of benzene rings is 1. The molecule has 0 spiro atoms. The molecule has 0 atom stereocenters. The first-order valence-electron chi connectivity index (χ1n) is 8.01. The molecular weight excluding hydrogens is 244 g/mol. The van der Waals surface area contributed by atoms with E-state index < -0.39 is 0 Å². The highest BCUT2D eigenvalue weighted by Crippen LogP contribution is 2.30. The first-order chi connectivity index (χ1) is 9.77. The largest absolute Gasteiger partial charge is 0.343 e. The predicted molar refractivity (Wildman–Crippen MR) is 86.4 cm³/mol. The highest BCUT2D eigenvalue weighted by Gasteiger charge is 2.17. The SMILES string of the molecule is CN(C)CCn1c2c(c3ccccc31)CCCCCC2. The molecule has 1 aliphatic rings. The lowest BCUT2D eigenvalue weighted by molar-refractivity contribution is 0.383. The number of hydrogen-bond acceptors (Lipinski definition) is 1. The van der Waals surface area contributed by atoms with E-state index in [1.807, 2.05) is 0 Å². The second-order valence-corrected chi connectivity index (χ2v) is 6.31. The average molecular weight is 270 g/mol. The van der Waals surface area contributed by atoms with Crippen molar-refractivity contribution < 1.29 is 0 Å². The first kappa shape index (κ1) is 13.7. The Bertz CT molecular complexity index is 580. The van der Waals surface area contributed by atoms with Crippen molar-refractivity contribution in [3.8, 4) is 0 Å². The fraction of sp³-hybridized carbons (Fsp3) is 0.556. The maximum Gasteiger partial charge on any atom is 0.0485 e. The minimum atomic E-state index is 1.11. The molecule has 0 aliphatic heterocycles. The summed E-state index contributed by atoms with van der Waals surface area (Å²) >= 11 is 0. The van der Waals surface area contributed by atoms with Gasteiger partial charge >= 0.3 is 0 Å². The van der Waals surface area contributed by atoms with Gasteiger partial charge in [-0.05, 0) is 51.4 Å². The van der Waals surface area contributed by atoms with E-state index in [0.717, 1.165) is 13.1 Å². The normalized spacial score (nSPS) is 16.1. The van der Waals surface area contributed by atoms with Crippen LogP contribution in [0.4, 0.5) is 0 Å².